The number of ether oxygens (including phenoxy) is 1. The molecule has 6 nitrogen and oxygen atoms in total. The highest BCUT2D eigenvalue weighted by atomic mass is 35.5. The Balaban J connectivity index is 1.51. The van der Waals surface area contributed by atoms with Gasteiger partial charge in [0, 0.05) is 18.0 Å². The summed E-state index contributed by atoms with van der Waals surface area (Å²) in [4.78, 5) is 12.3. The standard InChI is InChI=1S/C21H20Cl4N4O2S/c1-2-29-18(7-4-10-31-17-9-8-13(22)11-16(17)25)27-28-21(29)32-12-19(30)26-20-14(23)5-3-6-15(20)24/h3,5-6,8-9,11H,2,4,7,10,12H2,1H3,(H,26,30). The first-order valence-electron chi connectivity index (χ1n) is 9.75. The average molecular weight is 534 g/mol. The Morgan fingerprint density at radius 3 is 2.53 bits per heavy atom. The lowest BCUT2D eigenvalue weighted by Gasteiger charge is -2.10. The number of carbonyl (C=O) groups excluding carboxylic acids is 1. The smallest absolute Gasteiger partial charge is 0.234 e. The molecule has 1 heterocycles. The summed E-state index contributed by atoms with van der Waals surface area (Å²) < 4.78 is 7.70. The molecule has 0 aliphatic carbocycles. The predicted octanol–water partition coefficient (Wildman–Crippen LogP) is 6.65. The van der Waals surface area contributed by atoms with E-state index in [-0.39, 0.29) is 11.7 Å². The topological polar surface area (TPSA) is 69.0 Å². The van der Waals surface area contributed by atoms with Gasteiger partial charge in [0.1, 0.15) is 11.6 Å². The fraction of sp³-hybridized carbons (Fsp3) is 0.286. The summed E-state index contributed by atoms with van der Waals surface area (Å²) in [6, 6.07) is 10.2. The first-order valence-corrected chi connectivity index (χ1v) is 12.3. The molecular formula is C21H20Cl4N4O2S. The molecule has 3 aromatic rings. The third-order valence-electron chi connectivity index (χ3n) is 4.37. The second kappa shape index (κ2) is 12.0. The van der Waals surface area contributed by atoms with Crippen molar-refractivity contribution in [3.8, 4) is 5.75 Å². The highest BCUT2D eigenvalue weighted by molar-refractivity contribution is 7.99. The fourth-order valence-corrected chi connectivity index (χ4v) is 4.63. The van der Waals surface area contributed by atoms with E-state index >= 15 is 0 Å². The molecule has 0 saturated heterocycles. The Morgan fingerprint density at radius 1 is 1.09 bits per heavy atom. The van der Waals surface area contributed by atoms with Crippen LogP contribution in [0.1, 0.15) is 19.2 Å². The Labute approximate surface area is 210 Å². The largest absolute Gasteiger partial charge is 0.492 e. The monoisotopic (exact) mass is 532 g/mol. The van der Waals surface area contributed by atoms with Gasteiger partial charge < -0.3 is 14.6 Å². The SMILES string of the molecule is CCn1c(CCCOc2ccc(Cl)cc2Cl)nnc1SCC(=O)Nc1c(Cl)cccc1Cl. The molecular weight excluding hydrogens is 514 g/mol. The first kappa shape index (κ1) is 25.0. The minimum Gasteiger partial charge on any atom is -0.492 e. The van der Waals surface area contributed by atoms with Crippen molar-refractivity contribution in [2.45, 2.75) is 31.5 Å². The number of nitrogens with one attached hydrogen (secondary N) is 1. The van der Waals surface area contributed by atoms with Crippen molar-refractivity contribution < 1.29 is 9.53 Å². The Hall–Kier alpha value is -1.64. The van der Waals surface area contributed by atoms with Gasteiger partial charge in [-0.25, -0.2) is 0 Å². The number of rotatable bonds is 10. The second-order valence-corrected chi connectivity index (χ2v) is 9.20. The van der Waals surface area contributed by atoms with Crippen LogP contribution in [0.15, 0.2) is 41.6 Å². The molecule has 0 radical (unpaired) electrons. The van der Waals surface area contributed by atoms with E-state index in [2.05, 4.69) is 15.5 Å². The summed E-state index contributed by atoms with van der Waals surface area (Å²) in [5.74, 6) is 1.34. The third-order valence-corrected chi connectivity index (χ3v) is 6.49. The van der Waals surface area contributed by atoms with E-state index in [0.29, 0.717) is 56.3 Å². The van der Waals surface area contributed by atoms with Crippen LogP contribution in [-0.4, -0.2) is 33.0 Å². The molecule has 0 saturated carbocycles. The van der Waals surface area contributed by atoms with Crippen molar-refractivity contribution in [2.24, 2.45) is 0 Å². The van der Waals surface area contributed by atoms with Gasteiger partial charge in [-0.15, -0.1) is 10.2 Å². The minimum atomic E-state index is -0.231. The van der Waals surface area contributed by atoms with Gasteiger partial charge in [-0.1, -0.05) is 64.2 Å². The van der Waals surface area contributed by atoms with Gasteiger partial charge in [0.05, 0.1) is 33.1 Å². The second-order valence-electron chi connectivity index (χ2n) is 6.60. The van der Waals surface area contributed by atoms with E-state index in [4.69, 9.17) is 51.1 Å². The van der Waals surface area contributed by atoms with Crippen LogP contribution in [0, 0.1) is 0 Å². The van der Waals surface area contributed by atoms with E-state index in [1.807, 2.05) is 11.5 Å². The highest BCUT2D eigenvalue weighted by Crippen LogP contribution is 2.30. The summed E-state index contributed by atoms with van der Waals surface area (Å²) in [6.07, 6.45) is 1.40. The molecule has 170 valence electrons. The maximum Gasteiger partial charge on any atom is 0.234 e. The number of para-hydroxylation sites is 1. The summed E-state index contributed by atoms with van der Waals surface area (Å²) in [7, 11) is 0. The number of nitrogens with zero attached hydrogens (tertiary/aromatic N) is 3. The van der Waals surface area contributed by atoms with Crippen LogP contribution >= 0.6 is 58.2 Å². The summed E-state index contributed by atoms with van der Waals surface area (Å²) in [6.45, 7) is 3.17. The lowest BCUT2D eigenvalue weighted by Crippen LogP contribution is -2.15. The van der Waals surface area contributed by atoms with Crippen LogP contribution in [0.4, 0.5) is 5.69 Å². The molecule has 1 N–H and O–H groups in total. The molecule has 1 aromatic heterocycles. The van der Waals surface area contributed by atoms with Crippen molar-refractivity contribution >= 4 is 69.8 Å². The summed E-state index contributed by atoms with van der Waals surface area (Å²) in [5, 5.41) is 13.7. The number of carbonyl (C=O) groups is 1. The first-order chi connectivity index (χ1) is 15.4. The summed E-state index contributed by atoms with van der Waals surface area (Å²) >= 11 is 25.5. The number of hydrogen-bond acceptors (Lipinski definition) is 5. The fourth-order valence-electron chi connectivity index (χ4n) is 2.86. The van der Waals surface area contributed by atoms with Crippen molar-refractivity contribution in [1.29, 1.82) is 0 Å². The molecule has 0 fully saturated rings. The van der Waals surface area contributed by atoms with E-state index in [1.165, 1.54) is 11.8 Å². The molecule has 1 amide bonds. The zero-order valence-electron chi connectivity index (χ0n) is 17.1. The number of anilines is 1. The van der Waals surface area contributed by atoms with Crippen LogP contribution < -0.4 is 10.1 Å². The van der Waals surface area contributed by atoms with Crippen molar-refractivity contribution in [1.82, 2.24) is 14.8 Å². The van der Waals surface area contributed by atoms with Crippen LogP contribution in [0.25, 0.3) is 0 Å². The van der Waals surface area contributed by atoms with Crippen LogP contribution in [0.2, 0.25) is 20.1 Å². The van der Waals surface area contributed by atoms with E-state index in [9.17, 15) is 4.79 Å². The van der Waals surface area contributed by atoms with Crippen LogP contribution in [-0.2, 0) is 17.8 Å². The Kier molecular flexibility index (Phi) is 9.37. The number of halogens is 4. The quantitative estimate of drug-likeness (QED) is 0.233. The predicted molar refractivity (Wildman–Crippen MR) is 132 cm³/mol. The van der Waals surface area contributed by atoms with E-state index < -0.39 is 0 Å². The average Bonchev–Trinajstić information content (AvgIpc) is 3.15. The molecule has 0 spiro atoms. The molecule has 2 aromatic carbocycles. The molecule has 0 aliphatic heterocycles. The van der Waals surface area contributed by atoms with E-state index in [0.717, 1.165) is 12.2 Å². The summed E-state index contributed by atoms with van der Waals surface area (Å²) in [5.41, 5.74) is 0.403. The van der Waals surface area contributed by atoms with Crippen LogP contribution in [0.3, 0.4) is 0 Å². The number of hydrogen-bond donors (Lipinski definition) is 1. The van der Waals surface area contributed by atoms with Gasteiger partial charge in [0.2, 0.25) is 5.91 Å². The van der Waals surface area contributed by atoms with Gasteiger partial charge in [-0.05, 0) is 43.7 Å². The minimum absolute atomic E-state index is 0.151. The number of amides is 1. The molecule has 0 unspecified atom stereocenters. The third kappa shape index (κ3) is 6.68. The maximum atomic E-state index is 12.3. The zero-order chi connectivity index (χ0) is 23.1. The molecule has 32 heavy (non-hydrogen) atoms. The number of aromatic nitrogens is 3. The zero-order valence-corrected chi connectivity index (χ0v) is 20.9. The highest BCUT2D eigenvalue weighted by Gasteiger charge is 2.15. The lowest BCUT2D eigenvalue weighted by atomic mass is 10.3. The number of aryl methyl sites for hydroxylation is 1. The molecule has 11 heteroatoms. The van der Waals surface area contributed by atoms with Crippen molar-refractivity contribution in [3.05, 3.63) is 62.3 Å². The lowest BCUT2D eigenvalue weighted by molar-refractivity contribution is -0.113. The molecule has 0 atom stereocenters. The Bertz CT molecular complexity index is 1070. The number of benzene rings is 2. The van der Waals surface area contributed by atoms with Crippen molar-refractivity contribution in [2.75, 3.05) is 17.7 Å². The normalized spacial score (nSPS) is 10.9. The van der Waals surface area contributed by atoms with Crippen molar-refractivity contribution in [3.63, 3.8) is 0 Å². The van der Waals surface area contributed by atoms with Gasteiger partial charge in [-0.3, -0.25) is 4.79 Å². The molecule has 0 aliphatic rings. The molecule has 3 rings (SSSR count). The van der Waals surface area contributed by atoms with E-state index in [1.54, 1.807) is 36.4 Å². The van der Waals surface area contributed by atoms with Gasteiger partial charge in [-0.2, -0.15) is 0 Å². The number of thioether (sulfide) groups is 1. The Morgan fingerprint density at radius 2 is 1.84 bits per heavy atom. The van der Waals surface area contributed by atoms with Gasteiger partial charge in [0.25, 0.3) is 0 Å². The van der Waals surface area contributed by atoms with Gasteiger partial charge in [0.15, 0.2) is 5.16 Å². The maximum absolute atomic E-state index is 12.3. The van der Waals surface area contributed by atoms with Crippen LogP contribution in [0.5, 0.6) is 5.75 Å². The molecule has 0 bridgehead atoms. The van der Waals surface area contributed by atoms with Gasteiger partial charge >= 0.3 is 0 Å².